The molecule has 2 rings (SSSR count). The number of rotatable bonds is 4. The van der Waals surface area contributed by atoms with Gasteiger partial charge in [0.25, 0.3) is 0 Å². The number of benzene rings is 1. The van der Waals surface area contributed by atoms with Crippen molar-refractivity contribution in [3.8, 4) is 11.8 Å². The Balaban J connectivity index is 2.44. The largest absolute Gasteiger partial charge is 0.480 e. The molecule has 1 aromatic heterocycles. The Morgan fingerprint density at radius 1 is 1.20 bits per heavy atom. The molecule has 0 fully saturated rings. The van der Waals surface area contributed by atoms with Gasteiger partial charge in [0.2, 0.25) is 11.8 Å². The molecule has 5 nitrogen and oxygen atoms in total. The molecular weight excluding hydrogens is 390 g/mol. The van der Waals surface area contributed by atoms with E-state index in [4.69, 9.17) is 15.2 Å². The van der Waals surface area contributed by atoms with Gasteiger partial charge in [0.1, 0.15) is 5.69 Å². The van der Waals surface area contributed by atoms with Gasteiger partial charge in [0.05, 0.1) is 26.5 Å². The number of aromatic nitrogens is 2. The number of halogens is 2. The first kappa shape index (κ1) is 15.2. The summed E-state index contributed by atoms with van der Waals surface area (Å²) >= 11 is 6.90. The highest BCUT2D eigenvalue weighted by atomic mass is 79.9. The molecule has 20 heavy (non-hydrogen) atoms. The van der Waals surface area contributed by atoms with Gasteiger partial charge in [-0.25, -0.2) is 4.98 Å². The van der Waals surface area contributed by atoms with Gasteiger partial charge >= 0.3 is 0 Å². The molecule has 0 saturated carbocycles. The quantitative estimate of drug-likeness (QED) is 0.850. The molecule has 0 aliphatic rings. The summed E-state index contributed by atoms with van der Waals surface area (Å²) < 4.78 is 12.1. The van der Waals surface area contributed by atoms with E-state index in [1.807, 2.05) is 18.2 Å². The number of nitrogens with two attached hydrogens (primary N) is 1. The van der Waals surface area contributed by atoms with Gasteiger partial charge in [-0.05, 0) is 17.7 Å². The first-order chi connectivity index (χ1) is 9.56. The molecule has 1 aromatic carbocycles. The second-order valence-electron chi connectivity index (χ2n) is 3.95. The lowest BCUT2D eigenvalue weighted by atomic mass is 10.0. The fraction of sp³-hybridized carbons (Fsp3) is 0.231. The summed E-state index contributed by atoms with van der Waals surface area (Å²) in [4.78, 5) is 8.48. The van der Waals surface area contributed by atoms with Crippen LogP contribution in [-0.2, 0) is 0 Å². The summed E-state index contributed by atoms with van der Waals surface area (Å²) in [6, 6.07) is 5.32. The van der Waals surface area contributed by atoms with Crippen molar-refractivity contribution < 1.29 is 9.47 Å². The minimum atomic E-state index is -0.453. The van der Waals surface area contributed by atoms with Crippen LogP contribution in [0.3, 0.4) is 0 Å². The summed E-state index contributed by atoms with van der Waals surface area (Å²) in [7, 11) is 3.05. The monoisotopic (exact) mass is 401 g/mol. The topological polar surface area (TPSA) is 70.3 Å². The third-order valence-electron chi connectivity index (χ3n) is 2.74. The number of ether oxygens (including phenoxy) is 2. The molecule has 1 unspecified atom stereocenters. The molecule has 0 spiro atoms. The van der Waals surface area contributed by atoms with Crippen molar-refractivity contribution in [3.63, 3.8) is 0 Å². The number of methoxy groups -OCH3 is 2. The van der Waals surface area contributed by atoms with Crippen LogP contribution in [0.15, 0.2) is 33.3 Å². The highest BCUT2D eigenvalue weighted by Gasteiger charge is 2.20. The van der Waals surface area contributed by atoms with Crippen LogP contribution in [0.4, 0.5) is 0 Å². The summed E-state index contributed by atoms with van der Waals surface area (Å²) in [5.41, 5.74) is 7.71. The van der Waals surface area contributed by atoms with Crippen molar-refractivity contribution in [2.75, 3.05) is 14.2 Å². The molecule has 0 aliphatic carbocycles. The number of hydrogen-bond acceptors (Lipinski definition) is 5. The van der Waals surface area contributed by atoms with Crippen molar-refractivity contribution >= 4 is 31.9 Å². The standard InChI is InChI=1S/C13H13Br2N3O2/c1-19-10-6-17-12(13(18-10)20-2)11(16)8-4-3-7(14)5-9(8)15/h3-6,11H,16H2,1-2H3. The Hall–Kier alpha value is -1.18. The number of hydrogen-bond donors (Lipinski definition) is 1. The van der Waals surface area contributed by atoms with Gasteiger partial charge in [0.15, 0.2) is 0 Å². The van der Waals surface area contributed by atoms with Crippen LogP contribution < -0.4 is 15.2 Å². The second kappa shape index (κ2) is 6.51. The Kier molecular flexibility index (Phi) is 4.95. The molecular formula is C13H13Br2N3O2. The van der Waals surface area contributed by atoms with Crippen molar-refractivity contribution in [2.24, 2.45) is 5.73 Å². The zero-order valence-electron chi connectivity index (χ0n) is 10.9. The Morgan fingerprint density at radius 3 is 2.55 bits per heavy atom. The van der Waals surface area contributed by atoms with E-state index in [1.165, 1.54) is 20.4 Å². The second-order valence-corrected chi connectivity index (χ2v) is 5.72. The first-order valence-electron chi connectivity index (χ1n) is 5.72. The fourth-order valence-corrected chi connectivity index (χ4v) is 3.02. The molecule has 0 saturated heterocycles. The molecule has 0 aliphatic heterocycles. The molecule has 0 bridgehead atoms. The average molecular weight is 403 g/mol. The van der Waals surface area contributed by atoms with E-state index in [0.29, 0.717) is 17.5 Å². The van der Waals surface area contributed by atoms with Crippen LogP contribution in [0.2, 0.25) is 0 Å². The third kappa shape index (κ3) is 3.11. The Bertz CT molecular complexity index is 623. The lowest BCUT2D eigenvalue weighted by molar-refractivity contribution is 0.355. The zero-order chi connectivity index (χ0) is 14.7. The van der Waals surface area contributed by atoms with E-state index in [-0.39, 0.29) is 0 Å². The van der Waals surface area contributed by atoms with E-state index in [1.54, 1.807) is 0 Å². The fourth-order valence-electron chi connectivity index (χ4n) is 1.73. The predicted octanol–water partition coefficient (Wildman–Crippen LogP) is 3.07. The molecule has 0 amide bonds. The lowest BCUT2D eigenvalue weighted by Crippen LogP contribution is -2.16. The van der Waals surface area contributed by atoms with Crippen molar-refractivity contribution in [3.05, 3.63) is 44.6 Å². The van der Waals surface area contributed by atoms with Gasteiger partial charge in [-0.1, -0.05) is 37.9 Å². The van der Waals surface area contributed by atoms with Crippen LogP contribution in [0, 0.1) is 0 Å². The van der Waals surface area contributed by atoms with Crippen LogP contribution >= 0.6 is 31.9 Å². The smallest absolute Gasteiger partial charge is 0.240 e. The third-order valence-corrected chi connectivity index (χ3v) is 3.92. The summed E-state index contributed by atoms with van der Waals surface area (Å²) in [6.45, 7) is 0. The van der Waals surface area contributed by atoms with Gasteiger partial charge in [-0.2, -0.15) is 4.98 Å². The van der Waals surface area contributed by atoms with Crippen LogP contribution in [0.5, 0.6) is 11.8 Å². The van der Waals surface area contributed by atoms with Gasteiger partial charge in [-0.3, -0.25) is 0 Å². The van der Waals surface area contributed by atoms with E-state index < -0.39 is 6.04 Å². The summed E-state index contributed by atoms with van der Waals surface area (Å²) in [5.74, 6) is 0.736. The predicted molar refractivity (Wildman–Crippen MR) is 83.0 cm³/mol. The molecule has 7 heteroatoms. The van der Waals surface area contributed by atoms with Gasteiger partial charge in [-0.15, -0.1) is 0 Å². The van der Waals surface area contributed by atoms with Crippen molar-refractivity contribution in [1.82, 2.24) is 9.97 Å². The number of nitrogens with zero attached hydrogens (tertiary/aromatic N) is 2. The first-order valence-corrected chi connectivity index (χ1v) is 7.31. The van der Waals surface area contributed by atoms with Crippen molar-refractivity contribution in [1.29, 1.82) is 0 Å². The maximum Gasteiger partial charge on any atom is 0.240 e. The lowest BCUT2D eigenvalue weighted by Gasteiger charge is -2.16. The van der Waals surface area contributed by atoms with Crippen LogP contribution in [0.25, 0.3) is 0 Å². The highest BCUT2D eigenvalue weighted by molar-refractivity contribution is 9.11. The van der Waals surface area contributed by atoms with Crippen molar-refractivity contribution in [2.45, 2.75) is 6.04 Å². The maximum absolute atomic E-state index is 6.27. The highest BCUT2D eigenvalue weighted by Crippen LogP contribution is 2.32. The molecule has 106 valence electrons. The minimum absolute atomic E-state index is 0.353. The zero-order valence-corrected chi connectivity index (χ0v) is 14.1. The molecule has 2 N–H and O–H groups in total. The molecule has 2 aromatic rings. The average Bonchev–Trinajstić information content (AvgIpc) is 2.46. The maximum atomic E-state index is 6.27. The summed E-state index contributed by atoms with van der Waals surface area (Å²) in [6.07, 6.45) is 1.52. The minimum Gasteiger partial charge on any atom is -0.480 e. The SMILES string of the molecule is COc1cnc(C(N)c2ccc(Br)cc2Br)c(OC)n1. The van der Waals surface area contributed by atoms with Gasteiger partial charge in [0, 0.05) is 8.95 Å². The molecule has 1 atom stereocenters. The van der Waals surface area contributed by atoms with Gasteiger partial charge < -0.3 is 15.2 Å². The summed E-state index contributed by atoms with van der Waals surface area (Å²) in [5, 5.41) is 0. The Morgan fingerprint density at radius 2 is 1.95 bits per heavy atom. The van der Waals surface area contributed by atoms with E-state index in [2.05, 4.69) is 41.8 Å². The molecule has 0 radical (unpaired) electrons. The van der Waals surface area contributed by atoms with E-state index in [9.17, 15) is 0 Å². The van der Waals surface area contributed by atoms with Crippen LogP contribution in [0.1, 0.15) is 17.3 Å². The van der Waals surface area contributed by atoms with E-state index >= 15 is 0 Å². The Labute approximate surface area is 133 Å². The normalized spacial score (nSPS) is 12.1. The van der Waals surface area contributed by atoms with Crippen LogP contribution in [-0.4, -0.2) is 24.2 Å². The molecule has 1 heterocycles. The van der Waals surface area contributed by atoms with E-state index in [0.717, 1.165) is 14.5 Å².